The zero-order chi connectivity index (χ0) is 16.1. The van der Waals surface area contributed by atoms with E-state index >= 15 is 0 Å². The Hall–Kier alpha value is -1.43. The molecule has 0 aliphatic heterocycles. The van der Waals surface area contributed by atoms with E-state index in [9.17, 15) is 5.11 Å². The van der Waals surface area contributed by atoms with Gasteiger partial charge in [-0.1, -0.05) is 43.1 Å². The molecule has 5 nitrogen and oxygen atoms in total. The first-order chi connectivity index (χ1) is 10.6. The second-order valence-corrected chi connectivity index (χ2v) is 5.58. The van der Waals surface area contributed by atoms with E-state index in [-0.39, 0.29) is 6.54 Å². The van der Waals surface area contributed by atoms with E-state index in [0.29, 0.717) is 21.6 Å². The lowest BCUT2D eigenvalue weighted by Crippen LogP contribution is -2.16. The quantitative estimate of drug-likeness (QED) is 0.842. The SMILES string of the molecule is CCc1nnc(NCC(O)c2c(Cl)cccc2Cl)nc1CC. The van der Waals surface area contributed by atoms with Crippen LogP contribution in [-0.4, -0.2) is 26.8 Å². The summed E-state index contributed by atoms with van der Waals surface area (Å²) in [4.78, 5) is 4.41. The lowest BCUT2D eigenvalue weighted by Gasteiger charge is -2.15. The molecule has 2 rings (SSSR count). The van der Waals surface area contributed by atoms with Gasteiger partial charge in [0.1, 0.15) is 0 Å². The van der Waals surface area contributed by atoms with Crippen LogP contribution < -0.4 is 5.32 Å². The second kappa shape index (κ2) is 7.72. The van der Waals surface area contributed by atoms with E-state index in [2.05, 4.69) is 20.5 Å². The Morgan fingerprint density at radius 3 is 2.32 bits per heavy atom. The fraction of sp³-hybridized carbons (Fsp3) is 0.400. The minimum atomic E-state index is -0.860. The summed E-state index contributed by atoms with van der Waals surface area (Å²) < 4.78 is 0. The largest absolute Gasteiger partial charge is 0.386 e. The molecule has 2 aromatic rings. The summed E-state index contributed by atoms with van der Waals surface area (Å²) in [6.07, 6.45) is 0.717. The Kier molecular flexibility index (Phi) is 5.94. The van der Waals surface area contributed by atoms with Gasteiger partial charge in [0.15, 0.2) is 0 Å². The number of benzene rings is 1. The third kappa shape index (κ3) is 3.85. The van der Waals surface area contributed by atoms with Gasteiger partial charge < -0.3 is 10.4 Å². The summed E-state index contributed by atoms with van der Waals surface area (Å²) in [5.41, 5.74) is 2.29. The zero-order valence-corrected chi connectivity index (χ0v) is 14.0. The summed E-state index contributed by atoms with van der Waals surface area (Å²) in [6.45, 7) is 4.23. The topological polar surface area (TPSA) is 70.9 Å². The lowest BCUT2D eigenvalue weighted by molar-refractivity contribution is 0.191. The molecule has 1 atom stereocenters. The van der Waals surface area contributed by atoms with Crippen LogP contribution in [0.2, 0.25) is 10.0 Å². The number of aryl methyl sites for hydroxylation is 2. The van der Waals surface area contributed by atoms with Crippen molar-refractivity contribution in [2.75, 3.05) is 11.9 Å². The Morgan fingerprint density at radius 2 is 1.73 bits per heavy atom. The summed E-state index contributed by atoms with van der Waals surface area (Å²) in [6, 6.07) is 5.11. The maximum atomic E-state index is 10.3. The number of aliphatic hydroxyl groups is 1. The Balaban J connectivity index is 2.09. The molecule has 1 heterocycles. The van der Waals surface area contributed by atoms with Gasteiger partial charge in [-0.15, -0.1) is 5.10 Å². The number of nitrogens with zero attached hydrogens (tertiary/aromatic N) is 3. The number of aliphatic hydroxyl groups excluding tert-OH is 1. The maximum absolute atomic E-state index is 10.3. The molecule has 118 valence electrons. The van der Waals surface area contributed by atoms with E-state index < -0.39 is 6.10 Å². The molecule has 7 heteroatoms. The van der Waals surface area contributed by atoms with Crippen molar-refractivity contribution in [2.24, 2.45) is 0 Å². The van der Waals surface area contributed by atoms with Gasteiger partial charge in [-0.05, 0) is 25.0 Å². The molecule has 0 bridgehead atoms. The lowest BCUT2D eigenvalue weighted by atomic mass is 10.1. The van der Waals surface area contributed by atoms with E-state index in [0.717, 1.165) is 24.2 Å². The molecule has 0 aliphatic carbocycles. The van der Waals surface area contributed by atoms with Crippen molar-refractivity contribution < 1.29 is 5.11 Å². The first-order valence-electron chi connectivity index (χ1n) is 7.15. The van der Waals surface area contributed by atoms with Crippen molar-refractivity contribution in [3.63, 3.8) is 0 Å². The number of aromatic nitrogens is 3. The number of hydrogen-bond donors (Lipinski definition) is 2. The third-order valence-corrected chi connectivity index (χ3v) is 3.95. The van der Waals surface area contributed by atoms with Crippen molar-refractivity contribution in [3.8, 4) is 0 Å². The summed E-state index contributed by atoms with van der Waals surface area (Å²) in [5, 5.41) is 22.3. The normalized spacial score (nSPS) is 12.2. The summed E-state index contributed by atoms with van der Waals surface area (Å²) >= 11 is 12.2. The van der Waals surface area contributed by atoms with Crippen molar-refractivity contribution in [3.05, 3.63) is 45.2 Å². The number of halogens is 2. The van der Waals surface area contributed by atoms with Gasteiger partial charge in [0.2, 0.25) is 5.95 Å². The Bertz CT molecular complexity index is 631. The number of anilines is 1. The predicted octanol–water partition coefficient (Wildman–Crippen LogP) is 3.45. The van der Waals surface area contributed by atoms with E-state index in [1.54, 1.807) is 18.2 Å². The number of rotatable bonds is 6. The average Bonchev–Trinajstić information content (AvgIpc) is 2.52. The number of nitrogens with one attached hydrogen (secondary N) is 1. The van der Waals surface area contributed by atoms with Gasteiger partial charge in [-0.3, -0.25) is 0 Å². The molecule has 2 N–H and O–H groups in total. The van der Waals surface area contributed by atoms with Gasteiger partial charge >= 0.3 is 0 Å². The Morgan fingerprint density at radius 1 is 1.09 bits per heavy atom. The van der Waals surface area contributed by atoms with E-state index in [4.69, 9.17) is 23.2 Å². The fourth-order valence-corrected chi connectivity index (χ4v) is 2.78. The smallest absolute Gasteiger partial charge is 0.243 e. The van der Waals surface area contributed by atoms with Crippen LogP contribution in [0, 0.1) is 0 Å². The first-order valence-corrected chi connectivity index (χ1v) is 7.90. The highest BCUT2D eigenvalue weighted by Gasteiger charge is 2.16. The zero-order valence-electron chi connectivity index (χ0n) is 12.5. The Labute approximate surface area is 139 Å². The predicted molar refractivity (Wildman–Crippen MR) is 88.5 cm³/mol. The van der Waals surface area contributed by atoms with Gasteiger partial charge in [0.05, 0.1) is 17.5 Å². The van der Waals surface area contributed by atoms with Gasteiger partial charge in [-0.25, -0.2) is 4.98 Å². The van der Waals surface area contributed by atoms with Gasteiger partial charge in [0.25, 0.3) is 0 Å². The molecule has 0 saturated carbocycles. The molecule has 0 saturated heterocycles. The van der Waals surface area contributed by atoms with E-state index in [1.807, 2.05) is 13.8 Å². The maximum Gasteiger partial charge on any atom is 0.243 e. The standard InChI is InChI=1S/C15H18Cl2N4O/c1-3-11-12(4-2)20-21-15(19-11)18-8-13(22)14-9(16)6-5-7-10(14)17/h5-7,13,22H,3-4,8H2,1-2H3,(H,18,19,21). The van der Waals surface area contributed by atoms with Crippen molar-refractivity contribution in [1.82, 2.24) is 15.2 Å². The molecule has 0 fully saturated rings. The minimum Gasteiger partial charge on any atom is -0.386 e. The molecule has 0 spiro atoms. The van der Waals surface area contributed by atoms with E-state index in [1.165, 1.54) is 0 Å². The molecular formula is C15H18Cl2N4O. The van der Waals surface area contributed by atoms with Crippen LogP contribution in [0.1, 0.15) is 36.9 Å². The van der Waals surface area contributed by atoms with Gasteiger partial charge in [0, 0.05) is 22.2 Å². The van der Waals surface area contributed by atoms with Crippen LogP contribution in [0.5, 0.6) is 0 Å². The van der Waals surface area contributed by atoms with Crippen LogP contribution in [0.15, 0.2) is 18.2 Å². The van der Waals surface area contributed by atoms with Gasteiger partial charge in [-0.2, -0.15) is 5.10 Å². The number of hydrogen-bond acceptors (Lipinski definition) is 5. The van der Waals surface area contributed by atoms with Crippen LogP contribution in [0.3, 0.4) is 0 Å². The van der Waals surface area contributed by atoms with Crippen LogP contribution in [-0.2, 0) is 12.8 Å². The monoisotopic (exact) mass is 340 g/mol. The van der Waals surface area contributed by atoms with Crippen molar-refractivity contribution in [1.29, 1.82) is 0 Å². The van der Waals surface area contributed by atoms with Crippen LogP contribution in [0.4, 0.5) is 5.95 Å². The average molecular weight is 341 g/mol. The van der Waals surface area contributed by atoms with Crippen molar-refractivity contribution in [2.45, 2.75) is 32.8 Å². The van der Waals surface area contributed by atoms with Crippen molar-refractivity contribution >= 4 is 29.2 Å². The second-order valence-electron chi connectivity index (χ2n) is 4.77. The summed E-state index contributed by atoms with van der Waals surface area (Å²) in [7, 11) is 0. The molecule has 22 heavy (non-hydrogen) atoms. The third-order valence-electron chi connectivity index (χ3n) is 3.30. The molecule has 1 aromatic carbocycles. The van der Waals surface area contributed by atoms with Crippen LogP contribution in [0.25, 0.3) is 0 Å². The fourth-order valence-electron chi connectivity index (χ4n) is 2.13. The molecule has 1 aromatic heterocycles. The highest BCUT2D eigenvalue weighted by Crippen LogP contribution is 2.30. The molecule has 0 amide bonds. The minimum absolute atomic E-state index is 0.194. The highest BCUT2D eigenvalue weighted by atomic mass is 35.5. The summed E-state index contributed by atoms with van der Waals surface area (Å²) in [5.74, 6) is 0.385. The molecular weight excluding hydrogens is 323 g/mol. The molecule has 1 unspecified atom stereocenters. The molecule has 0 radical (unpaired) electrons. The highest BCUT2D eigenvalue weighted by molar-refractivity contribution is 6.36. The molecule has 0 aliphatic rings. The van der Waals surface area contributed by atoms with Crippen LogP contribution >= 0.6 is 23.2 Å². The first kappa shape index (κ1) is 16.9.